The summed E-state index contributed by atoms with van der Waals surface area (Å²) in [5, 5.41) is 4.73. The van der Waals surface area contributed by atoms with Crippen LogP contribution in [-0.2, 0) is 14.0 Å². The number of likely N-dealkylation sites (tertiary alicyclic amines) is 1. The number of carbonyl (C=O) groups is 2. The number of rotatable bonds is 3. The number of nitrogens with zero attached hydrogens (tertiary/aromatic N) is 1. The molecule has 2 heterocycles. The van der Waals surface area contributed by atoms with Crippen molar-refractivity contribution in [2.75, 3.05) is 13.1 Å². The predicted molar refractivity (Wildman–Crippen MR) is 138 cm³/mol. The number of carbonyl (C=O) groups excluding carboxylic acids is 2. The summed E-state index contributed by atoms with van der Waals surface area (Å²) in [6.45, 7) is 14.7. The van der Waals surface area contributed by atoms with Gasteiger partial charge in [-0.25, -0.2) is 4.79 Å². The van der Waals surface area contributed by atoms with E-state index in [1.165, 1.54) is 0 Å². The van der Waals surface area contributed by atoms with Gasteiger partial charge in [-0.3, -0.25) is 4.79 Å². The van der Waals surface area contributed by atoms with Crippen LogP contribution < -0.4 is 10.8 Å². The van der Waals surface area contributed by atoms with Crippen LogP contribution in [0.2, 0.25) is 0 Å². The molecule has 1 N–H and O–H groups in total. The summed E-state index contributed by atoms with van der Waals surface area (Å²) in [5.74, 6) is -0.0441. The van der Waals surface area contributed by atoms with Gasteiger partial charge in [-0.05, 0) is 83.6 Å². The number of hydrogen-bond acceptors (Lipinski definition) is 5. The van der Waals surface area contributed by atoms with Gasteiger partial charge in [0.25, 0.3) is 5.91 Å². The third kappa shape index (κ3) is 5.33. The summed E-state index contributed by atoms with van der Waals surface area (Å²) in [7, 11) is -0.508. The molecule has 2 amide bonds. The Hall–Kier alpha value is -2.58. The number of piperidine rings is 1. The Morgan fingerprint density at radius 2 is 1.66 bits per heavy atom. The van der Waals surface area contributed by atoms with Crippen molar-refractivity contribution in [1.29, 1.82) is 0 Å². The molecule has 0 spiro atoms. The Kier molecular flexibility index (Phi) is 6.66. The molecule has 7 nitrogen and oxygen atoms in total. The van der Waals surface area contributed by atoms with E-state index in [9.17, 15) is 9.59 Å². The van der Waals surface area contributed by atoms with Crippen LogP contribution >= 0.6 is 0 Å². The van der Waals surface area contributed by atoms with E-state index < -0.39 is 30.0 Å². The number of alkyl carbamates (subject to hydrolysis) is 1. The third-order valence-electron chi connectivity index (χ3n) is 7.12. The van der Waals surface area contributed by atoms with Gasteiger partial charge in [-0.1, -0.05) is 30.3 Å². The van der Waals surface area contributed by atoms with Crippen molar-refractivity contribution in [3.05, 3.63) is 42.0 Å². The van der Waals surface area contributed by atoms with Gasteiger partial charge in [0.1, 0.15) is 5.60 Å². The molecule has 2 aromatic rings. The van der Waals surface area contributed by atoms with Crippen LogP contribution in [0.1, 0.15) is 71.7 Å². The van der Waals surface area contributed by atoms with Crippen molar-refractivity contribution < 1.29 is 23.6 Å². The lowest BCUT2D eigenvalue weighted by Gasteiger charge is -2.34. The second-order valence-corrected chi connectivity index (χ2v) is 11.6. The molecule has 0 saturated carbocycles. The minimum absolute atomic E-state index is 0.0441. The maximum Gasteiger partial charge on any atom is 0.495 e. The monoisotopic (exact) mass is 480 g/mol. The number of benzene rings is 2. The number of amides is 2. The second-order valence-electron chi connectivity index (χ2n) is 11.6. The lowest BCUT2D eigenvalue weighted by Crippen LogP contribution is -2.50. The fourth-order valence-electron chi connectivity index (χ4n) is 4.62. The average Bonchev–Trinajstić information content (AvgIpc) is 2.98. The number of nitrogens with one attached hydrogen (secondary N) is 1. The van der Waals surface area contributed by atoms with Crippen LogP contribution in [0, 0.1) is 0 Å². The number of fused-ring (bicyclic) bond motifs is 1. The highest BCUT2D eigenvalue weighted by Crippen LogP contribution is 2.37. The van der Waals surface area contributed by atoms with Gasteiger partial charge in [0, 0.05) is 24.7 Å². The topological polar surface area (TPSA) is 77.1 Å². The number of hydrogen-bond donors (Lipinski definition) is 1. The minimum Gasteiger partial charge on any atom is -0.444 e. The number of ether oxygens (including phenoxy) is 1. The van der Waals surface area contributed by atoms with Gasteiger partial charge in [-0.15, -0.1) is 0 Å². The fraction of sp³-hybridized carbons (Fsp3) is 0.556. The Balaban J connectivity index is 1.56. The van der Waals surface area contributed by atoms with E-state index in [1.54, 1.807) is 0 Å². The zero-order valence-electron chi connectivity index (χ0n) is 21.9. The van der Waals surface area contributed by atoms with Crippen molar-refractivity contribution in [3.8, 4) is 0 Å². The molecule has 0 radical (unpaired) electrons. The summed E-state index contributed by atoms with van der Waals surface area (Å²) < 4.78 is 18.0. The molecule has 0 bridgehead atoms. The molecule has 2 saturated heterocycles. The Labute approximate surface area is 208 Å². The zero-order valence-corrected chi connectivity index (χ0v) is 21.9. The van der Waals surface area contributed by atoms with Gasteiger partial charge in [0.05, 0.1) is 11.2 Å². The zero-order chi connectivity index (χ0) is 25.6. The van der Waals surface area contributed by atoms with Crippen LogP contribution in [0.5, 0.6) is 0 Å². The largest absolute Gasteiger partial charge is 0.495 e. The smallest absolute Gasteiger partial charge is 0.444 e. The molecule has 2 aliphatic heterocycles. The van der Waals surface area contributed by atoms with Crippen molar-refractivity contribution >= 4 is 35.4 Å². The summed E-state index contributed by atoms with van der Waals surface area (Å²) in [4.78, 5) is 27.7. The summed E-state index contributed by atoms with van der Waals surface area (Å²) in [6.07, 6.45) is 1.18. The maximum atomic E-state index is 13.6. The lowest BCUT2D eigenvalue weighted by molar-refractivity contribution is 0.00578. The van der Waals surface area contributed by atoms with Crippen LogP contribution in [0.3, 0.4) is 0 Å². The SMILES string of the molecule is CC(C)(C)OC(=O)N[C@@H]1CCCN(C(=O)c2cccc3c(B4OC(C)(C)C(C)(C)O4)cccc23)C1. The molecular formula is C27H37BN2O5. The van der Waals surface area contributed by atoms with E-state index in [0.29, 0.717) is 18.7 Å². The van der Waals surface area contributed by atoms with Crippen molar-refractivity contribution in [1.82, 2.24) is 10.2 Å². The Morgan fingerprint density at radius 1 is 1.03 bits per heavy atom. The maximum absolute atomic E-state index is 13.6. The normalized spacial score (nSPS) is 21.7. The first kappa shape index (κ1) is 25.5. The van der Waals surface area contributed by atoms with E-state index >= 15 is 0 Å². The van der Waals surface area contributed by atoms with Crippen LogP contribution in [0.4, 0.5) is 4.79 Å². The highest BCUT2D eigenvalue weighted by atomic mass is 16.7. The molecule has 1 atom stereocenters. The fourth-order valence-corrected chi connectivity index (χ4v) is 4.62. The predicted octanol–water partition coefficient (Wildman–Crippen LogP) is 4.27. The van der Waals surface area contributed by atoms with Gasteiger partial charge >= 0.3 is 13.2 Å². The van der Waals surface area contributed by atoms with E-state index in [1.807, 2.05) is 89.8 Å². The Morgan fingerprint density at radius 3 is 2.31 bits per heavy atom. The van der Waals surface area contributed by atoms with Crippen LogP contribution in [0.25, 0.3) is 10.8 Å². The third-order valence-corrected chi connectivity index (χ3v) is 7.12. The summed E-state index contributed by atoms with van der Waals surface area (Å²) in [5.41, 5.74) is 0.0956. The second kappa shape index (κ2) is 9.14. The highest BCUT2D eigenvalue weighted by Gasteiger charge is 2.52. The summed E-state index contributed by atoms with van der Waals surface area (Å²) >= 11 is 0. The van der Waals surface area contributed by atoms with Crippen LogP contribution in [-0.4, -0.2) is 60.0 Å². The molecule has 35 heavy (non-hydrogen) atoms. The van der Waals surface area contributed by atoms with E-state index in [0.717, 1.165) is 29.1 Å². The summed E-state index contributed by atoms with van der Waals surface area (Å²) in [6, 6.07) is 11.6. The quantitative estimate of drug-likeness (QED) is 0.665. The van der Waals surface area contributed by atoms with Gasteiger partial charge in [-0.2, -0.15) is 0 Å². The van der Waals surface area contributed by atoms with Gasteiger partial charge in [0.2, 0.25) is 0 Å². The molecular weight excluding hydrogens is 443 g/mol. The Bertz CT molecular complexity index is 1110. The molecule has 2 aliphatic rings. The van der Waals surface area contributed by atoms with Crippen LogP contribution in [0.15, 0.2) is 36.4 Å². The standard InChI is InChI=1S/C27H37BN2O5/c1-25(2,3)33-24(32)29-18-11-10-16-30(17-18)23(31)21-14-8-13-20-19(21)12-9-15-22(20)28-34-26(4,5)27(6,7)35-28/h8-9,12-15,18H,10-11,16-17H2,1-7H3,(H,29,32)/t18-/m1/s1. The molecule has 8 heteroatoms. The first-order chi connectivity index (χ1) is 16.3. The first-order valence-corrected chi connectivity index (χ1v) is 12.4. The molecule has 0 aliphatic carbocycles. The molecule has 0 aromatic heterocycles. The van der Waals surface area contributed by atoms with E-state index in [-0.39, 0.29) is 11.9 Å². The van der Waals surface area contributed by atoms with E-state index in [2.05, 4.69) is 5.32 Å². The lowest BCUT2D eigenvalue weighted by atomic mass is 9.75. The van der Waals surface area contributed by atoms with Crippen molar-refractivity contribution in [2.24, 2.45) is 0 Å². The molecule has 188 valence electrons. The highest BCUT2D eigenvalue weighted by molar-refractivity contribution is 6.65. The van der Waals surface area contributed by atoms with Crippen molar-refractivity contribution in [3.63, 3.8) is 0 Å². The van der Waals surface area contributed by atoms with Crippen molar-refractivity contribution in [2.45, 2.75) is 84.2 Å². The molecule has 2 fully saturated rings. The molecule has 2 aromatic carbocycles. The van der Waals surface area contributed by atoms with Gasteiger partial charge in [0.15, 0.2) is 0 Å². The average molecular weight is 480 g/mol. The minimum atomic E-state index is -0.563. The first-order valence-electron chi connectivity index (χ1n) is 12.4. The van der Waals surface area contributed by atoms with E-state index in [4.69, 9.17) is 14.0 Å². The molecule has 4 rings (SSSR count). The molecule has 0 unspecified atom stereocenters. The van der Waals surface area contributed by atoms with Gasteiger partial charge < -0.3 is 24.3 Å².